The number of hydrogen-bond donors (Lipinski definition) is 0. The summed E-state index contributed by atoms with van der Waals surface area (Å²) in [7, 11) is 2.07. The normalized spacial score (nSPS) is 12.1. The summed E-state index contributed by atoms with van der Waals surface area (Å²) in [4.78, 5) is 14.8. The van der Waals surface area contributed by atoms with Crippen LogP contribution >= 0.6 is 0 Å². The van der Waals surface area contributed by atoms with Crippen LogP contribution in [0.25, 0.3) is 0 Å². The number of rotatable bonds is 9. The molecule has 122 valence electrons. The Morgan fingerprint density at radius 3 is 2.87 bits per heavy atom. The average molecular weight is 312 g/mol. The number of nitrogens with zero attached hydrogens (tertiary/aromatic N) is 4. The van der Waals surface area contributed by atoms with Crippen LogP contribution in [0.1, 0.15) is 24.2 Å². The van der Waals surface area contributed by atoms with E-state index in [1.54, 1.807) is 24.8 Å². The summed E-state index contributed by atoms with van der Waals surface area (Å²) in [6.07, 6.45) is 10.8. The van der Waals surface area contributed by atoms with E-state index in [1.807, 2.05) is 25.1 Å². The largest absolute Gasteiger partial charge is 0.489 e. The Balaban J connectivity index is 1.95. The molecule has 0 aromatic carbocycles. The summed E-state index contributed by atoms with van der Waals surface area (Å²) in [5.41, 5.74) is 1.91. The number of allylic oxidation sites excluding steroid dienone is 1. The molecule has 0 N–H and O–H groups in total. The molecule has 0 aliphatic heterocycles. The van der Waals surface area contributed by atoms with Crippen LogP contribution in [0.5, 0.6) is 5.75 Å². The number of aryl methyl sites for hydroxylation is 1. The predicted molar refractivity (Wildman–Crippen MR) is 91.2 cm³/mol. The highest BCUT2D eigenvalue weighted by Gasteiger charge is 2.14. The second-order valence-electron chi connectivity index (χ2n) is 5.63. The molecule has 0 saturated heterocycles. The van der Waals surface area contributed by atoms with Crippen molar-refractivity contribution in [3.8, 4) is 5.75 Å². The summed E-state index contributed by atoms with van der Waals surface area (Å²) < 4.78 is 6.14. The Hall–Kier alpha value is -2.27. The summed E-state index contributed by atoms with van der Waals surface area (Å²) in [5, 5.41) is 0. The zero-order valence-corrected chi connectivity index (χ0v) is 13.9. The molecule has 0 amide bonds. The van der Waals surface area contributed by atoms with Crippen LogP contribution in [0.3, 0.4) is 0 Å². The van der Waals surface area contributed by atoms with Crippen molar-refractivity contribution in [2.24, 2.45) is 0 Å². The van der Waals surface area contributed by atoms with E-state index in [0.717, 1.165) is 43.1 Å². The SMILES string of the molecule is C=CCC[C@@H](CN(C)Cc1cnccn1)Oc1ccnc(C)c1. The van der Waals surface area contributed by atoms with Crippen LogP contribution in [0, 0.1) is 6.92 Å². The van der Waals surface area contributed by atoms with Crippen molar-refractivity contribution in [1.29, 1.82) is 0 Å². The van der Waals surface area contributed by atoms with Crippen LogP contribution < -0.4 is 4.74 Å². The smallest absolute Gasteiger partial charge is 0.123 e. The molecule has 23 heavy (non-hydrogen) atoms. The number of ether oxygens (including phenoxy) is 1. The Kier molecular flexibility index (Phi) is 6.69. The van der Waals surface area contributed by atoms with Crippen LogP contribution in [0.4, 0.5) is 0 Å². The summed E-state index contributed by atoms with van der Waals surface area (Å²) >= 11 is 0. The first-order valence-electron chi connectivity index (χ1n) is 7.81. The van der Waals surface area contributed by atoms with Gasteiger partial charge in [-0.15, -0.1) is 6.58 Å². The van der Waals surface area contributed by atoms with Gasteiger partial charge >= 0.3 is 0 Å². The van der Waals surface area contributed by atoms with Gasteiger partial charge in [-0.25, -0.2) is 0 Å². The number of likely N-dealkylation sites (N-methyl/N-ethyl adjacent to an activating group) is 1. The van der Waals surface area contributed by atoms with Gasteiger partial charge in [0.1, 0.15) is 11.9 Å². The molecule has 2 rings (SSSR count). The van der Waals surface area contributed by atoms with Crippen molar-refractivity contribution in [2.75, 3.05) is 13.6 Å². The standard InChI is InChI=1S/C18H24N4O/c1-4-5-6-18(23-17-7-8-20-15(2)11-17)14-22(3)13-16-12-19-9-10-21-16/h4,7-12,18H,1,5-6,13-14H2,2-3H3/t18-/m0/s1. The van der Waals surface area contributed by atoms with E-state index in [9.17, 15) is 0 Å². The third-order valence-corrected chi connectivity index (χ3v) is 3.43. The molecule has 0 bridgehead atoms. The first-order valence-corrected chi connectivity index (χ1v) is 7.81. The highest BCUT2D eigenvalue weighted by atomic mass is 16.5. The first kappa shape index (κ1) is 17.1. The molecule has 1 atom stereocenters. The number of aromatic nitrogens is 3. The first-order chi connectivity index (χ1) is 11.2. The summed E-state index contributed by atoms with van der Waals surface area (Å²) in [6, 6.07) is 3.86. The van der Waals surface area contributed by atoms with E-state index in [4.69, 9.17) is 4.74 Å². The fourth-order valence-corrected chi connectivity index (χ4v) is 2.38. The van der Waals surface area contributed by atoms with Gasteiger partial charge in [0, 0.05) is 49.6 Å². The molecule has 0 unspecified atom stereocenters. The summed E-state index contributed by atoms with van der Waals surface area (Å²) in [5.74, 6) is 0.861. The lowest BCUT2D eigenvalue weighted by molar-refractivity contribution is 0.136. The molecule has 0 aliphatic rings. The minimum atomic E-state index is 0.0940. The van der Waals surface area contributed by atoms with E-state index in [0.29, 0.717) is 0 Å². The second-order valence-corrected chi connectivity index (χ2v) is 5.63. The molecule has 2 aromatic heterocycles. The quantitative estimate of drug-likeness (QED) is 0.666. The highest BCUT2D eigenvalue weighted by Crippen LogP contribution is 2.16. The maximum Gasteiger partial charge on any atom is 0.123 e. The monoisotopic (exact) mass is 312 g/mol. The Morgan fingerprint density at radius 1 is 1.30 bits per heavy atom. The van der Waals surface area contributed by atoms with Gasteiger partial charge in [0.2, 0.25) is 0 Å². The van der Waals surface area contributed by atoms with Crippen molar-refractivity contribution >= 4 is 0 Å². The minimum Gasteiger partial charge on any atom is -0.489 e. The van der Waals surface area contributed by atoms with Gasteiger partial charge in [0.25, 0.3) is 0 Å². The van der Waals surface area contributed by atoms with Gasteiger partial charge in [-0.2, -0.15) is 0 Å². The Morgan fingerprint density at radius 2 is 2.17 bits per heavy atom. The Labute approximate surface area is 138 Å². The highest BCUT2D eigenvalue weighted by molar-refractivity contribution is 5.22. The van der Waals surface area contributed by atoms with Crippen LogP contribution in [-0.4, -0.2) is 39.5 Å². The molecule has 0 aliphatic carbocycles. The molecule has 2 aromatic rings. The van der Waals surface area contributed by atoms with Gasteiger partial charge in [-0.05, 0) is 32.9 Å². The van der Waals surface area contributed by atoms with E-state index in [1.165, 1.54) is 0 Å². The van der Waals surface area contributed by atoms with Crippen molar-refractivity contribution in [3.63, 3.8) is 0 Å². The molecule has 5 nitrogen and oxygen atoms in total. The van der Waals surface area contributed by atoms with Gasteiger partial charge in [0.15, 0.2) is 0 Å². The fraction of sp³-hybridized carbons (Fsp3) is 0.389. The van der Waals surface area contributed by atoms with Crippen molar-refractivity contribution in [1.82, 2.24) is 19.9 Å². The van der Waals surface area contributed by atoms with E-state index in [-0.39, 0.29) is 6.10 Å². The van der Waals surface area contributed by atoms with Crippen molar-refractivity contribution < 1.29 is 4.74 Å². The molecule has 0 fully saturated rings. The van der Waals surface area contributed by atoms with Gasteiger partial charge < -0.3 is 4.74 Å². The maximum atomic E-state index is 6.14. The summed E-state index contributed by atoms with van der Waals surface area (Å²) in [6.45, 7) is 7.33. The fourth-order valence-electron chi connectivity index (χ4n) is 2.38. The molecule has 5 heteroatoms. The topological polar surface area (TPSA) is 51.1 Å². The van der Waals surface area contributed by atoms with Crippen LogP contribution in [0.15, 0.2) is 49.6 Å². The molecule has 0 radical (unpaired) electrons. The Bertz CT molecular complexity index is 603. The minimum absolute atomic E-state index is 0.0940. The van der Waals surface area contributed by atoms with E-state index < -0.39 is 0 Å². The third kappa shape index (κ3) is 6.16. The maximum absolute atomic E-state index is 6.14. The lowest BCUT2D eigenvalue weighted by Crippen LogP contribution is -2.33. The van der Waals surface area contributed by atoms with Crippen molar-refractivity contribution in [3.05, 3.63) is 61.0 Å². The van der Waals surface area contributed by atoms with Gasteiger partial charge in [-0.1, -0.05) is 6.08 Å². The number of hydrogen-bond acceptors (Lipinski definition) is 5. The van der Waals surface area contributed by atoms with Crippen LogP contribution in [-0.2, 0) is 6.54 Å². The van der Waals surface area contributed by atoms with Gasteiger partial charge in [-0.3, -0.25) is 19.9 Å². The zero-order chi connectivity index (χ0) is 16.5. The molecule has 2 heterocycles. The number of pyridine rings is 1. The second kappa shape index (κ2) is 9.00. The van der Waals surface area contributed by atoms with Crippen LogP contribution in [0.2, 0.25) is 0 Å². The lowest BCUT2D eigenvalue weighted by Gasteiger charge is -2.24. The predicted octanol–water partition coefficient (Wildman–Crippen LogP) is 3.03. The third-order valence-electron chi connectivity index (χ3n) is 3.43. The van der Waals surface area contributed by atoms with Gasteiger partial charge in [0.05, 0.1) is 5.69 Å². The van der Waals surface area contributed by atoms with Crippen molar-refractivity contribution in [2.45, 2.75) is 32.4 Å². The van der Waals surface area contributed by atoms with E-state index >= 15 is 0 Å². The lowest BCUT2D eigenvalue weighted by atomic mass is 10.2. The van der Waals surface area contributed by atoms with E-state index in [2.05, 4.69) is 33.5 Å². The molecule has 0 saturated carbocycles. The molecular weight excluding hydrogens is 288 g/mol. The molecule has 0 spiro atoms. The molecular formula is C18H24N4O. The zero-order valence-electron chi connectivity index (χ0n) is 13.9. The average Bonchev–Trinajstić information content (AvgIpc) is 2.53.